The van der Waals surface area contributed by atoms with Gasteiger partial charge in [-0.2, -0.15) is 0 Å². The molecule has 2 aromatic carbocycles. The van der Waals surface area contributed by atoms with Crippen LogP contribution in [0.25, 0.3) is 0 Å². The molecule has 0 aliphatic heterocycles. The molecule has 2 rings (SSSR count). The first-order valence-corrected chi connectivity index (χ1v) is 10.2. The van der Waals surface area contributed by atoms with Crippen LogP contribution >= 0.6 is 11.6 Å². The van der Waals surface area contributed by atoms with E-state index in [1.54, 1.807) is 0 Å². The first-order chi connectivity index (χ1) is 12.3. The molecular formula is C24H33ClO. The summed E-state index contributed by atoms with van der Waals surface area (Å²) in [5.41, 5.74) is 4.05. The van der Waals surface area contributed by atoms with Crippen molar-refractivity contribution in [2.45, 2.75) is 60.8 Å². The Bertz CT molecular complexity index is 702. The summed E-state index contributed by atoms with van der Waals surface area (Å²) in [5.74, 6) is 3.49. The standard InChI is InChI=1S/C24H33ClO/c1-16(2)12-20-21(13-17(3)4)23(25)15-24(22(20)14-18(5)6)26-19-10-8-7-9-11-19/h7-11,15-18H,12-14H2,1-6H3. The van der Waals surface area contributed by atoms with Crippen LogP contribution in [0.2, 0.25) is 5.02 Å². The molecule has 0 aliphatic carbocycles. The second-order valence-corrected chi connectivity index (χ2v) is 8.91. The average molecular weight is 373 g/mol. The molecule has 2 heteroatoms. The van der Waals surface area contributed by atoms with E-state index in [4.69, 9.17) is 16.3 Å². The SMILES string of the molecule is CC(C)Cc1c(Cl)cc(Oc2ccccc2)c(CC(C)C)c1CC(C)C. The van der Waals surface area contributed by atoms with E-state index in [1.807, 2.05) is 36.4 Å². The Labute approximate surface area is 164 Å². The van der Waals surface area contributed by atoms with Crippen LogP contribution < -0.4 is 4.74 Å². The second-order valence-electron chi connectivity index (χ2n) is 8.50. The van der Waals surface area contributed by atoms with Crippen LogP contribution in [0.3, 0.4) is 0 Å². The molecule has 0 saturated heterocycles. The third-order valence-corrected chi connectivity index (χ3v) is 4.72. The molecule has 142 valence electrons. The van der Waals surface area contributed by atoms with Crippen LogP contribution in [-0.4, -0.2) is 0 Å². The van der Waals surface area contributed by atoms with Crippen LogP contribution in [0.5, 0.6) is 11.5 Å². The van der Waals surface area contributed by atoms with Crippen molar-refractivity contribution in [3.63, 3.8) is 0 Å². The minimum absolute atomic E-state index is 0.562. The third-order valence-electron chi connectivity index (χ3n) is 4.38. The zero-order chi connectivity index (χ0) is 19.3. The van der Waals surface area contributed by atoms with Crippen LogP contribution in [0.15, 0.2) is 36.4 Å². The van der Waals surface area contributed by atoms with Gasteiger partial charge in [-0.1, -0.05) is 71.3 Å². The summed E-state index contributed by atoms with van der Waals surface area (Å²) in [4.78, 5) is 0. The highest BCUT2D eigenvalue weighted by Crippen LogP contribution is 2.38. The van der Waals surface area contributed by atoms with Gasteiger partial charge in [0, 0.05) is 5.02 Å². The number of hydrogen-bond donors (Lipinski definition) is 0. The molecule has 0 spiro atoms. The molecule has 0 atom stereocenters. The second kappa shape index (κ2) is 9.46. The van der Waals surface area contributed by atoms with Gasteiger partial charge in [-0.3, -0.25) is 0 Å². The van der Waals surface area contributed by atoms with Gasteiger partial charge in [0.25, 0.3) is 0 Å². The number of ether oxygens (including phenoxy) is 1. The van der Waals surface area contributed by atoms with Crippen molar-refractivity contribution in [2.24, 2.45) is 17.8 Å². The van der Waals surface area contributed by atoms with Gasteiger partial charge in [0.15, 0.2) is 0 Å². The van der Waals surface area contributed by atoms with E-state index >= 15 is 0 Å². The summed E-state index contributed by atoms with van der Waals surface area (Å²) in [6.07, 6.45) is 3.06. The van der Waals surface area contributed by atoms with Gasteiger partial charge in [-0.05, 0) is 71.9 Å². The highest BCUT2D eigenvalue weighted by atomic mass is 35.5. The quantitative estimate of drug-likeness (QED) is 0.460. The van der Waals surface area contributed by atoms with E-state index in [0.29, 0.717) is 17.8 Å². The number of benzene rings is 2. The molecule has 0 aliphatic rings. The number of hydrogen-bond acceptors (Lipinski definition) is 1. The fourth-order valence-electron chi connectivity index (χ4n) is 3.39. The Morgan fingerprint density at radius 2 is 1.23 bits per heavy atom. The Morgan fingerprint density at radius 1 is 0.731 bits per heavy atom. The molecule has 0 fully saturated rings. The molecular weight excluding hydrogens is 340 g/mol. The predicted octanol–water partition coefficient (Wildman–Crippen LogP) is 7.73. The van der Waals surface area contributed by atoms with Crippen LogP contribution in [0.4, 0.5) is 0 Å². The van der Waals surface area contributed by atoms with Crippen molar-refractivity contribution in [1.82, 2.24) is 0 Å². The van der Waals surface area contributed by atoms with Gasteiger partial charge in [0.2, 0.25) is 0 Å². The normalized spacial score (nSPS) is 11.6. The van der Waals surface area contributed by atoms with E-state index < -0.39 is 0 Å². The van der Waals surface area contributed by atoms with Gasteiger partial charge < -0.3 is 4.74 Å². The molecule has 0 aromatic heterocycles. The van der Waals surface area contributed by atoms with Gasteiger partial charge >= 0.3 is 0 Å². The van der Waals surface area contributed by atoms with Crippen molar-refractivity contribution in [3.05, 3.63) is 58.1 Å². The van der Waals surface area contributed by atoms with Gasteiger partial charge in [-0.25, -0.2) is 0 Å². The summed E-state index contributed by atoms with van der Waals surface area (Å²) in [5, 5.41) is 0.841. The molecule has 0 N–H and O–H groups in total. The number of para-hydroxylation sites is 1. The fraction of sp³-hybridized carbons (Fsp3) is 0.500. The van der Waals surface area contributed by atoms with Crippen LogP contribution in [0, 0.1) is 17.8 Å². The minimum Gasteiger partial charge on any atom is -0.457 e. The first-order valence-electron chi connectivity index (χ1n) is 9.83. The smallest absolute Gasteiger partial charge is 0.132 e. The molecule has 0 radical (unpaired) electrons. The number of rotatable bonds is 8. The molecule has 1 nitrogen and oxygen atoms in total. The Hall–Kier alpha value is -1.47. The summed E-state index contributed by atoms with van der Waals surface area (Å²) in [6.45, 7) is 13.6. The third kappa shape index (κ3) is 5.77. The monoisotopic (exact) mass is 372 g/mol. The van der Waals surface area contributed by atoms with E-state index in [2.05, 4.69) is 41.5 Å². The maximum Gasteiger partial charge on any atom is 0.132 e. The van der Waals surface area contributed by atoms with Gasteiger partial charge in [0.1, 0.15) is 11.5 Å². The van der Waals surface area contributed by atoms with Crippen LogP contribution in [0.1, 0.15) is 58.2 Å². The van der Waals surface area contributed by atoms with E-state index in [1.165, 1.54) is 16.7 Å². The molecule has 2 aromatic rings. The van der Waals surface area contributed by atoms with Crippen molar-refractivity contribution in [3.8, 4) is 11.5 Å². The fourth-order valence-corrected chi connectivity index (χ4v) is 3.68. The Morgan fingerprint density at radius 3 is 1.77 bits per heavy atom. The molecule has 0 bridgehead atoms. The van der Waals surface area contributed by atoms with Crippen molar-refractivity contribution >= 4 is 11.6 Å². The number of halogens is 1. The van der Waals surface area contributed by atoms with Gasteiger partial charge in [0.05, 0.1) is 0 Å². The molecule has 0 saturated carbocycles. The molecule has 0 unspecified atom stereocenters. The Kier molecular flexibility index (Phi) is 7.58. The summed E-state index contributed by atoms with van der Waals surface area (Å²) in [7, 11) is 0. The maximum atomic E-state index is 6.76. The predicted molar refractivity (Wildman–Crippen MR) is 114 cm³/mol. The highest BCUT2D eigenvalue weighted by Gasteiger charge is 2.21. The largest absolute Gasteiger partial charge is 0.457 e. The lowest BCUT2D eigenvalue weighted by Crippen LogP contribution is -2.11. The van der Waals surface area contributed by atoms with Gasteiger partial charge in [-0.15, -0.1) is 0 Å². The molecule has 0 heterocycles. The van der Waals surface area contributed by atoms with E-state index in [-0.39, 0.29) is 0 Å². The van der Waals surface area contributed by atoms with Crippen molar-refractivity contribution in [2.75, 3.05) is 0 Å². The highest BCUT2D eigenvalue weighted by molar-refractivity contribution is 6.31. The van der Waals surface area contributed by atoms with Crippen LogP contribution in [-0.2, 0) is 19.3 Å². The summed E-state index contributed by atoms with van der Waals surface area (Å²) < 4.78 is 6.29. The summed E-state index contributed by atoms with van der Waals surface area (Å²) >= 11 is 6.76. The average Bonchev–Trinajstić information content (AvgIpc) is 2.54. The Balaban J connectivity index is 2.60. The van der Waals surface area contributed by atoms with Crippen molar-refractivity contribution in [1.29, 1.82) is 0 Å². The zero-order valence-corrected chi connectivity index (χ0v) is 17.9. The van der Waals surface area contributed by atoms with Crippen molar-refractivity contribution < 1.29 is 4.74 Å². The van der Waals surface area contributed by atoms with E-state index in [9.17, 15) is 0 Å². The summed E-state index contributed by atoms with van der Waals surface area (Å²) in [6, 6.07) is 12.0. The lowest BCUT2D eigenvalue weighted by Gasteiger charge is -2.24. The van der Waals surface area contributed by atoms with E-state index in [0.717, 1.165) is 35.8 Å². The minimum atomic E-state index is 0.562. The topological polar surface area (TPSA) is 9.23 Å². The lowest BCUT2D eigenvalue weighted by molar-refractivity contribution is 0.467. The first kappa shape index (κ1) is 20.8. The lowest BCUT2D eigenvalue weighted by atomic mass is 9.86. The molecule has 26 heavy (non-hydrogen) atoms. The zero-order valence-electron chi connectivity index (χ0n) is 17.1. The maximum absolute atomic E-state index is 6.76. The molecule has 0 amide bonds.